The number of rotatable bonds is 12. The largest absolute Gasteiger partial charge is 0.507 e. The molecule has 1 fully saturated rings. The Labute approximate surface area is 210 Å². The van der Waals surface area contributed by atoms with Crippen LogP contribution < -0.4 is 0 Å². The highest BCUT2D eigenvalue weighted by Crippen LogP contribution is 2.39. The molecule has 1 saturated heterocycles. The van der Waals surface area contributed by atoms with Crippen molar-refractivity contribution in [3.63, 3.8) is 0 Å². The Morgan fingerprint density at radius 2 is 1.34 bits per heavy atom. The topological polar surface area (TPSA) is 60.9 Å². The molecule has 0 aliphatic carbocycles. The lowest BCUT2D eigenvalue weighted by Crippen LogP contribution is -2.34. The second-order valence-electron chi connectivity index (χ2n) is 9.67. The standard InChI is InChI=1S/C30H40N2O3/c1-5-7-18-31(19-8-6-2)20-9-21-32-27(24-14-10-22(3)11-15-24)26(29(34)30(32)35)28(33)25-16-12-23(4)13-17-25/h10-17,27,33H,5-9,18-21H2,1-4H3/b28-26-. The van der Waals surface area contributed by atoms with Gasteiger partial charge in [0.2, 0.25) is 0 Å². The molecule has 0 saturated carbocycles. The maximum atomic E-state index is 13.2. The van der Waals surface area contributed by atoms with Crippen molar-refractivity contribution < 1.29 is 14.7 Å². The second kappa shape index (κ2) is 12.7. The average Bonchev–Trinajstić information content (AvgIpc) is 3.10. The van der Waals surface area contributed by atoms with E-state index in [1.165, 1.54) is 0 Å². The summed E-state index contributed by atoms with van der Waals surface area (Å²) in [4.78, 5) is 30.5. The SMILES string of the molecule is CCCCN(CCCC)CCCN1C(=O)C(=O)/C(=C(\O)c2ccc(C)cc2)C1c1ccc(C)cc1. The van der Waals surface area contributed by atoms with E-state index < -0.39 is 17.7 Å². The molecule has 35 heavy (non-hydrogen) atoms. The first-order chi connectivity index (χ1) is 16.9. The zero-order valence-electron chi connectivity index (χ0n) is 21.7. The summed E-state index contributed by atoms with van der Waals surface area (Å²) in [7, 11) is 0. The Hall–Kier alpha value is -2.92. The van der Waals surface area contributed by atoms with Crippen LogP contribution in [0.1, 0.15) is 74.2 Å². The third-order valence-electron chi connectivity index (χ3n) is 6.79. The van der Waals surface area contributed by atoms with Gasteiger partial charge in [-0.2, -0.15) is 0 Å². The lowest BCUT2D eigenvalue weighted by atomic mass is 9.94. The van der Waals surface area contributed by atoms with Gasteiger partial charge in [-0.05, 0) is 58.3 Å². The molecule has 1 heterocycles. The molecule has 0 aromatic heterocycles. The van der Waals surface area contributed by atoms with Crippen LogP contribution in [-0.2, 0) is 9.59 Å². The molecule has 5 heteroatoms. The lowest BCUT2D eigenvalue weighted by Gasteiger charge is -2.27. The van der Waals surface area contributed by atoms with Gasteiger partial charge in [0.1, 0.15) is 5.76 Å². The van der Waals surface area contributed by atoms with Crippen LogP contribution >= 0.6 is 0 Å². The summed E-state index contributed by atoms with van der Waals surface area (Å²) in [6.07, 6.45) is 5.42. The maximum absolute atomic E-state index is 13.2. The molecule has 0 spiro atoms. The van der Waals surface area contributed by atoms with E-state index in [9.17, 15) is 14.7 Å². The molecule has 3 rings (SSSR count). The first-order valence-corrected chi connectivity index (χ1v) is 13.0. The van der Waals surface area contributed by atoms with E-state index in [2.05, 4.69) is 18.7 Å². The molecule has 1 atom stereocenters. The van der Waals surface area contributed by atoms with Crippen LogP contribution in [0.3, 0.4) is 0 Å². The number of aliphatic hydroxyl groups is 1. The van der Waals surface area contributed by atoms with E-state index >= 15 is 0 Å². The molecule has 2 aromatic rings. The number of Topliss-reactive ketones (excluding diaryl/α,β-unsaturated/α-hetero) is 1. The molecule has 5 nitrogen and oxygen atoms in total. The highest BCUT2D eigenvalue weighted by Gasteiger charge is 2.45. The highest BCUT2D eigenvalue weighted by atomic mass is 16.3. The molecular weight excluding hydrogens is 436 g/mol. The van der Waals surface area contributed by atoms with Gasteiger partial charge in [-0.25, -0.2) is 0 Å². The van der Waals surface area contributed by atoms with Crippen molar-refractivity contribution in [3.8, 4) is 0 Å². The lowest BCUT2D eigenvalue weighted by molar-refractivity contribution is -0.140. The number of carbonyl (C=O) groups excluding carboxylic acids is 2. The number of carbonyl (C=O) groups is 2. The molecule has 2 aromatic carbocycles. The first-order valence-electron chi connectivity index (χ1n) is 13.0. The number of hydrogen-bond donors (Lipinski definition) is 1. The monoisotopic (exact) mass is 476 g/mol. The van der Waals surface area contributed by atoms with Crippen molar-refractivity contribution in [1.29, 1.82) is 0 Å². The third-order valence-corrected chi connectivity index (χ3v) is 6.79. The summed E-state index contributed by atoms with van der Waals surface area (Å²) >= 11 is 0. The Morgan fingerprint density at radius 1 is 0.829 bits per heavy atom. The zero-order chi connectivity index (χ0) is 25.4. The number of ketones is 1. The Balaban J connectivity index is 1.90. The van der Waals surface area contributed by atoms with Gasteiger partial charge in [0.25, 0.3) is 11.7 Å². The molecule has 1 N–H and O–H groups in total. The minimum absolute atomic E-state index is 0.107. The maximum Gasteiger partial charge on any atom is 0.295 e. The number of benzene rings is 2. The van der Waals surface area contributed by atoms with Gasteiger partial charge in [-0.1, -0.05) is 86.3 Å². The van der Waals surface area contributed by atoms with Crippen LogP contribution in [0, 0.1) is 13.8 Å². The van der Waals surface area contributed by atoms with E-state index in [1.807, 2.05) is 50.2 Å². The third kappa shape index (κ3) is 6.61. The van der Waals surface area contributed by atoms with Crippen LogP contribution in [0.2, 0.25) is 0 Å². The van der Waals surface area contributed by atoms with E-state index in [-0.39, 0.29) is 11.3 Å². The highest BCUT2D eigenvalue weighted by molar-refractivity contribution is 6.46. The predicted molar refractivity (Wildman–Crippen MR) is 142 cm³/mol. The first kappa shape index (κ1) is 26.7. The molecule has 188 valence electrons. The molecule has 1 aliphatic heterocycles. The van der Waals surface area contributed by atoms with Crippen LogP contribution in [0.5, 0.6) is 0 Å². The van der Waals surface area contributed by atoms with Crippen LogP contribution in [0.15, 0.2) is 54.1 Å². The van der Waals surface area contributed by atoms with Gasteiger partial charge in [0.15, 0.2) is 0 Å². The van der Waals surface area contributed by atoms with Gasteiger partial charge in [-0.15, -0.1) is 0 Å². The quantitative estimate of drug-likeness (QED) is 0.231. The van der Waals surface area contributed by atoms with Gasteiger partial charge in [0, 0.05) is 12.1 Å². The second-order valence-corrected chi connectivity index (χ2v) is 9.67. The molecule has 1 amide bonds. The fourth-order valence-corrected chi connectivity index (χ4v) is 4.64. The summed E-state index contributed by atoms with van der Waals surface area (Å²) in [5.74, 6) is -1.25. The number of aryl methyl sites for hydroxylation is 2. The average molecular weight is 477 g/mol. The van der Waals surface area contributed by atoms with Crippen molar-refractivity contribution in [2.24, 2.45) is 0 Å². The molecule has 0 bridgehead atoms. The number of unbranched alkanes of at least 4 members (excludes halogenated alkanes) is 2. The Kier molecular flexibility index (Phi) is 9.67. The van der Waals surface area contributed by atoms with Gasteiger partial charge >= 0.3 is 0 Å². The van der Waals surface area contributed by atoms with Gasteiger partial charge < -0.3 is 14.9 Å². The van der Waals surface area contributed by atoms with Crippen molar-refractivity contribution in [3.05, 3.63) is 76.4 Å². The summed E-state index contributed by atoms with van der Waals surface area (Å²) < 4.78 is 0. The minimum Gasteiger partial charge on any atom is -0.507 e. The van der Waals surface area contributed by atoms with E-state index in [0.717, 1.165) is 68.4 Å². The molecule has 0 radical (unpaired) electrons. The van der Waals surface area contributed by atoms with Crippen molar-refractivity contribution in [2.45, 2.75) is 65.8 Å². The van der Waals surface area contributed by atoms with Crippen molar-refractivity contribution >= 4 is 17.4 Å². The number of nitrogens with zero attached hydrogens (tertiary/aromatic N) is 2. The van der Waals surface area contributed by atoms with Gasteiger partial charge in [-0.3, -0.25) is 9.59 Å². The summed E-state index contributed by atoms with van der Waals surface area (Å²) in [6, 6.07) is 14.7. The fourth-order valence-electron chi connectivity index (χ4n) is 4.64. The van der Waals surface area contributed by atoms with Crippen LogP contribution in [-0.4, -0.2) is 52.8 Å². The molecule has 1 aliphatic rings. The van der Waals surface area contributed by atoms with Gasteiger partial charge in [0.05, 0.1) is 11.6 Å². The number of amides is 1. The Morgan fingerprint density at radius 3 is 1.89 bits per heavy atom. The number of likely N-dealkylation sites (tertiary alicyclic amines) is 1. The smallest absolute Gasteiger partial charge is 0.295 e. The number of hydrogen-bond acceptors (Lipinski definition) is 4. The normalized spacial score (nSPS) is 17.5. The fraction of sp³-hybridized carbons (Fsp3) is 0.467. The van der Waals surface area contributed by atoms with E-state index in [1.54, 1.807) is 17.0 Å². The zero-order valence-corrected chi connectivity index (χ0v) is 21.7. The number of aliphatic hydroxyl groups excluding tert-OH is 1. The minimum atomic E-state index is -0.609. The summed E-state index contributed by atoms with van der Waals surface area (Å²) in [5, 5.41) is 11.2. The predicted octanol–water partition coefficient (Wildman–Crippen LogP) is 6.02. The molecule has 1 unspecified atom stereocenters. The summed E-state index contributed by atoms with van der Waals surface area (Å²) in [6.45, 7) is 11.9. The van der Waals surface area contributed by atoms with E-state index in [0.29, 0.717) is 12.1 Å². The van der Waals surface area contributed by atoms with Crippen LogP contribution in [0.4, 0.5) is 0 Å². The van der Waals surface area contributed by atoms with Crippen LogP contribution in [0.25, 0.3) is 5.76 Å². The van der Waals surface area contributed by atoms with E-state index in [4.69, 9.17) is 0 Å². The summed E-state index contributed by atoms with van der Waals surface area (Å²) in [5.41, 5.74) is 3.74. The molecular formula is C30H40N2O3. The van der Waals surface area contributed by atoms with Crippen molar-refractivity contribution in [2.75, 3.05) is 26.2 Å². The Bertz CT molecular complexity index is 1020. The van der Waals surface area contributed by atoms with Crippen molar-refractivity contribution in [1.82, 2.24) is 9.80 Å².